The first-order chi connectivity index (χ1) is 8.50. The van der Waals surface area contributed by atoms with Gasteiger partial charge in [0.1, 0.15) is 15.9 Å². The number of morpholine rings is 1. The maximum absolute atomic E-state index is 11.5. The van der Waals surface area contributed by atoms with Crippen LogP contribution in [0.15, 0.2) is 0 Å². The number of hydrogen-bond donors (Lipinski definition) is 0. The van der Waals surface area contributed by atoms with Crippen LogP contribution >= 0.6 is 0 Å². The van der Waals surface area contributed by atoms with Gasteiger partial charge in [0.2, 0.25) is 0 Å². The van der Waals surface area contributed by atoms with Crippen LogP contribution in [-0.2, 0) is 24.1 Å². The van der Waals surface area contributed by atoms with E-state index < -0.39 is 15.9 Å². The Kier molecular flexibility index (Phi) is 6.04. The number of rotatable bonds is 6. The highest BCUT2D eigenvalue weighted by Crippen LogP contribution is 2.09. The van der Waals surface area contributed by atoms with Gasteiger partial charge in [-0.1, -0.05) is 6.92 Å². The molecular formula is C11H21NO5S. The Morgan fingerprint density at radius 2 is 2.22 bits per heavy atom. The van der Waals surface area contributed by atoms with E-state index in [1.54, 1.807) is 6.92 Å². The average Bonchev–Trinajstić information content (AvgIpc) is 2.38. The van der Waals surface area contributed by atoms with E-state index in [2.05, 4.69) is 0 Å². The lowest BCUT2D eigenvalue weighted by Gasteiger charge is -2.33. The van der Waals surface area contributed by atoms with Crippen molar-refractivity contribution in [3.63, 3.8) is 0 Å². The summed E-state index contributed by atoms with van der Waals surface area (Å²) in [5.74, 6) is -0.00119. The van der Waals surface area contributed by atoms with E-state index in [-0.39, 0.29) is 17.5 Å². The van der Waals surface area contributed by atoms with Gasteiger partial charge in [0.25, 0.3) is 0 Å². The topological polar surface area (TPSA) is 72.9 Å². The third-order valence-corrected chi connectivity index (χ3v) is 4.84. The quantitative estimate of drug-likeness (QED) is 0.621. The molecule has 1 rings (SSSR count). The van der Waals surface area contributed by atoms with E-state index in [0.717, 1.165) is 0 Å². The van der Waals surface area contributed by atoms with Gasteiger partial charge in [-0.2, -0.15) is 0 Å². The zero-order valence-electron chi connectivity index (χ0n) is 10.9. The van der Waals surface area contributed by atoms with Gasteiger partial charge >= 0.3 is 5.97 Å². The fraction of sp³-hybridized carbons (Fsp3) is 0.909. The molecule has 1 saturated heterocycles. The normalized spacial score (nSPS) is 21.8. The van der Waals surface area contributed by atoms with Crippen molar-refractivity contribution in [3.05, 3.63) is 0 Å². The predicted molar refractivity (Wildman–Crippen MR) is 67.1 cm³/mol. The van der Waals surface area contributed by atoms with E-state index in [1.165, 1.54) is 7.11 Å². The minimum Gasteiger partial charge on any atom is -0.468 e. The number of esters is 1. The summed E-state index contributed by atoms with van der Waals surface area (Å²) in [6.45, 7) is 3.72. The standard InChI is InChI=1S/C11H21NO5S/c1-3-18(14,15)8-4-5-12-6-7-17-9-10(12)11(13)16-2/h10H,3-9H2,1-2H3. The van der Waals surface area contributed by atoms with Crippen LogP contribution in [0, 0.1) is 0 Å². The van der Waals surface area contributed by atoms with Crippen LogP contribution < -0.4 is 0 Å². The Balaban J connectivity index is 2.45. The molecule has 0 aliphatic carbocycles. The van der Waals surface area contributed by atoms with E-state index in [0.29, 0.717) is 32.7 Å². The summed E-state index contributed by atoms with van der Waals surface area (Å²) in [7, 11) is -1.59. The van der Waals surface area contributed by atoms with Gasteiger partial charge in [0.15, 0.2) is 0 Å². The summed E-state index contributed by atoms with van der Waals surface area (Å²) in [5.41, 5.74) is 0. The van der Waals surface area contributed by atoms with Crippen LogP contribution in [0.1, 0.15) is 13.3 Å². The summed E-state index contributed by atoms with van der Waals surface area (Å²) in [6.07, 6.45) is 0.531. The van der Waals surface area contributed by atoms with E-state index in [1.807, 2.05) is 4.90 Å². The van der Waals surface area contributed by atoms with Crippen LogP contribution in [0.25, 0.3) is 0 Å². The van der Waals surface area contributed by atoms with Gasteiger partial charge in [0, 0.05) is 18.8 Å². The molecule has 1 aliphatic heterocycles. The van der Waals surface area contributed by atoms with Crippen molar-refractivity contribution in [1.82, 2.24) is 4.90 Å². The van der Waals surface area contributed by atoms with E-state index >= 15 is 0 Å². The number of carbonyl (C=O) groups is 1. The molecule has 1 unspecified atom stereocenters. The fourth-order valence-electron chi connectivity index (χ4n) is 1.89. The molecule has 0 N–H and O–H groups in total. The molecule has 1 atom stereocenters. The minimum absolute atomic E-state index is 0.161. The average molecular weight is 279 g/mol. The number of methoxy groups -OCH3 is 1. The molecule has 1 fully saturated rings. The molecule has 6 nitrogen and oxygen atoms in total. The van der Waals surface area contributed by atoms with Crippen molar-refractivity contribution < 1.29 is 22.7 Å². The molecule has 106 valence electrons. The lowest BCUT2D eigenvalue weighted by atomic mass is 10.2. The Bertz CT molecular complexity index is 368. The van der Waals surface area contributed by atoms with Crippen LogP contribution in [0.3, 0.4) is 0 Å². The fourth-order valence-corrected chi connectivity index (χ4v) is 2.75. The maximum atomic E-state index is 11.5. The molecule has 1 aliphatic rings. The monoisotopic (exact) mass is 279 g/mol. The predicted octanol–water partition coefficient (Wildman–Crippen LogP) is -0.315. The van der Waals surface area contributed by atoms with Crippen molar-refractivity contribution in [2.24, 2.45) is 0 Å². The van der Waals surface area contributed by atoms with Crippen LogP contribution in [0.2, 0.25) is 0 Å². The van der Waals surface area contributed by atoms with Gasteiger partial charge < -0.3 is 9.47 Å². The number of sulfone groups is 1. The minimum atomic E-state index is -2.94. The number of carbonyl (C=O) groups excluding carboxylic acids is 1. The zero-order valence-corrected chi connectivity index (χ0v) is 11.7. The van der Waals surface area contributed by atoms with Gasteiger partial charge in [-0.3, -0.25) is 9.69 Å². The smallest absolute Gasteiger partial charge is 0.325 e. The van der Waals surface area contributed by atoms with Crippen LogP contribution in [-0.4, -0.2) is 70.2 Å². The van der Waals surface area contributed by atoms with Crippen molar-refractivity contribution in [1.29, 1.82) is 0 Å². The van der Waals surface area contributed by atoms with E-state index in [4.69, 9.17) is 9.47 Å². The molecule has 0 spiro atoms. The van der Waals surface area contributed by atoms with Crippen LogP contribution in [0.5, 0.6) is 0 Å². The zero-order chi connectivity index (χ0) is 13.6. The molecule has 0 aromatic heterocycles. The Morgan fingerprint density at radius 1 is 1.50 bits per heavy atom. The van der Waals surface area contributed by atoms with Gasteiger partial charge in [-0.15, -0.1) is 0 Å². The molecule has 0 saturated carbocycles. The molecule has 0 bridgehead atoms. The summed E-state index contributed by atoms with van der Waals surface area (Å²) in [4.78, 5) is 13.5. The van der Waals surface area contributed by atoms with Crippen LogP contribution in [0.4, 0.5) is 0 Å². The molecule has 0 amide bonds. The SMILES string of the molecule is CCS(=O)(=O)CCCN1CCOCC1C(=O)OC. The number of ether oxygens (including phenoxy) is 2. The van der Waals surface area contributed by atoms with E-state index in [9.17, 15) is 13.2 Å². The van der Waals surface area contributed by atoms with Crippen molar-refractivity contribution >= 4 is 15.8 Å². The first-order valence-corrected chi connectivity index (χ1v) is 7.92. The summed E-state index contributed by atoms with van der Waals surface area (Å²) in [6, 6.07) is -0.409. The van der Waals surface area contributed by atoms with Crippen molar-refractivity contribution in [2.75, 3.05) is 44.9 Å². The number of hydrogen-bond acceptors (Lipinski definition) is 6. The maximum Gasteiger partial charge on any atom is 0.325 e. The largest absolute Gasteiger partial charge is 0.468 e. The van der Waals surface area contributed by atoms with Crippen molar-refractivity contribution in [2.45, 2.75) is 19.4 Å². The second kappa shape index (κ2) is 7.06. The van der Waals surface area contributed by atoms with Gasteiger partial charge in [-0.05, 0) is 6.42 Å². The Morgan fingerprint density at radius 3 is 2.83 bits per heavy atom. The molecule has 7 heteroatoms. The van der Waals surface area contributed by atoms with Gasteiger partial charge in [0.05, 0.1) is 26.1 Å². The Labute approximate surface area is 108 Å². The third-order valence-electron chi connectivity index (χ3n) is 3.05. The summed E-state index contributed by atoms with van der Waals surface area (Å²) in [5, 5.41) is 0. The molecule has 0 aromatic rings. The summed E-state index contributed by atoms with van der Waals surface area (Å²) >= 11 is 0. The lowest BCUT2D eigenvalue weighted by molar-refractivity contribution is -0.153. The highest BCUT2D eigenvalue weighted by molar-refractivity contribution is 7.91. The molecule has 1 heterocycles. The molecule has 18 heavy (non-hydrogen) atoms. The highest BCUT2D eigenvalue weighted by atomic mass is 32.2. The Hall–Kier alpha value is -0.660. The highest BCUT2D eigenvalue weighted by Gasteiger charge is 2.29. The second-order valence-electron chi connectivity index (χ2n) is 4.24. The third kappa shape index (κ3) is 4.55. The van der Waals surface area contributed by atoms with Gasteiger partial charge in [-0.25, -0.2) is 8.42 Å². The first-order valence-electron chi connectivity index (χ1n) is 6.10. The molecule has 0 aromatic carbocycles. The molecule has 0 radical (unpaired) electrons. The van der Waals surface area contributed by atoms with Crippen molar-refractivity contribution in [3.8, 4) is 0 Å². The second-order valence-corrected chi connectivity index (χ2v) is 6.71. The molecular weight excluding hydrogens is 258 g/mol. The first kappa shape index (κ1) is 15.4. The summed E-state index contributed by atoms with van der Waals surface area (Å²) < 4.78 is 32.7. The lowest BCUT2D eigenvalue weighted by Crippen LogP contribution is -2.50. The number of nitrogens with zero attached hydrogens (tertiary/aromatic N) is 1.